The third-order valence-electron chi connectivity index (χ3n) is 3.23. The third kappa shape index (κ3) is 2.11. The van der Waals surface area contributed by atoms with Gasteiger partial charge in [-0.3, -0.25) is 9.59 Å². The normalized spacial score (nSPS) is 16.5. The molecule has 0 radical (unpaired) electrons. The number of imide groups is 1. The van der Waals surface area contributed by atoms with E-state index in [1.165, 1.54) is 19.1 Å². The summed E-state index contributed by atoms with van der Waals surface area (Å²) in [7, 11) is 0. The van der Waals surface area contributed by atoms with Crippen LogP contribution in [0.2, 0.25) is 0 Å². The summed E-state index contributed by atoms with van der Waals surface area (Å²) in [5.41, 5.74) is -2.12. The minimum absolute atomic E-state index is 0.0758. The number of nitrogens with zero attached hydrogens (tertiary/aromatic N) is 1. The van der Waals surface area contributed by atoms with E-state index >= 15 is 0 Å². The van der Waals surface area contributed by atoms with Crippen molar-refractivity contribution in [3.8, 4) is 0 Å². The molecule has 0 fully saturated rings. The van der Waals surface area contributed by atoms with Crippen molar-refractivity contribution < 1.29 is 29.0 Å². The number of aldehydes is 1. The van der Waals surface area contributed by atoms with Crippen molar-refractivity contribution >= 4 is 24.1 Å². The van der Waals surface area contributed by atoms with Gasteiger partial charge in [-0.1, -0.05) is 12.1 Å². The molecule has 0 aliphatic carbocycles. The van der Waals surface area contributed by atoms with E-state index in [0.717, 1.165) is 0 Å². The molecule has 110 valence electrons. The lowest BCUT2D eigenvalue weighted by molar-refractivity contribution is -0.185. The lowest BCUT2D eigenvalue weighted by Crippen LogP contribution is -2.59. The minimum Gasteiger partial charge on any atom is -0.478 e. The summed E-state index contributed by atoms with van der Waals surface area (Å²) >= 11 is 0. The first-order valence-electron chi connectivity index (χ1n) is 6.28. The topological polar surface area (TPSA) is 101 Å². The molecule has 0 spiro atoms. The monoisotopic (exact) mass is 291 g/mol. The number of hydrogen-bond donors (Lipinski definition) is 1. The molecule has 0 bridgehead atoms. The molecule has 1 N–H and O–H groups in total. The highest BCUT2D eigenvalue weighted by molar-refractivity contribution is 6.23. The van der Waals surface area contributed by atoms with Crippen LogP contribution in [-0.4, -0.2) is 46.4 Å². The van der Waals surface area contributed by atoms with Crippen LogP contribution in [0.15, 0.2) is 24.3 Å². The number of hydrogen-bond acceptors (Lipinski definition) is 5. The lowest BCUT2D eigenvalue weighted by atomic mass is 10.1. The van der Waals surface area contributed by atoms with Gasteiger partial charge in [0.05, 0.1) is 17.5 Å². The fraction of sp³-hybridized carbons (Fsp3) is 0.286. The Labute approximate surface area is 120 Å². The van der Waals surface area contributed by atoms with Crippen molar-refractivity contribution in [2.24, 2.45) is 0 Å². The van der Waals surface area contributed by atoms with Crippen LogP contribution in [0.1, 0.15) is 34.1 Å². The Hall–Kier alpha value is -2.54. The number of carbonyl (C=O) groups excluding carboxylic acids is 3. The second kappa shape index (κ2) is 5.45. The first-order valence-corrected chi connectivity index (χ1v) is 6.28. The highest BCUT2D eigenvalue weighted by Crippen LogP contribution is 2.32. The molecule has 7 nitrogen and oxygen atoms in total. The Morgan fingerprint density at radius 3 is 2.19 bits per heavy atom. The number of amides is 2. The first-order chi connectivity index (χ1) is 9.99. The van der Waals surface area contributed by atoms with Gasteiger partial charge < -0.3 is 14.6 Å². The molecule has 21 heavy (non-hydrogen) atoms. The maximum Gasteiger partial charge on any atom is 0.358 e. The average molecular weight is 291 g/mol. The SMILES string of the molecule is CCOC(CC=O)(C(=O)O)N1C(=O)c2ccccc2C1=O. The van der Waals surface area contributed by atoms with E-state index in [4.69, 9.17) is 4.74 Å². The summed E-state index contributed by atoms with van der Waals surface area (Å²) in [6, 6.07) is 5.98. The zero-order valence-corrected chi connectivity index (χ0v) is 11.2. The van der Waals surface area contributed by atoms with Crippen LogP contribution >= 0.6 is 0 Å². The minimum atomic E-state index is -2.32. The van der Waals surface area contributed by atoms with Gasteiger partial charge in [0.2, 0.25) is 0 Å². The third-order valence-corrected chi connectivity index (χ3v) is 3.23. The number of carboxylic acids is 1. The van der Waals surface area contributed by atoms with Crippen LogP contribution in [0.25, 0.3) is 0 Å². The Balaban J connectivity index is 2.57. The van der Waals surface area contributed by atoms with Crippen molar-refractivity contribution in [3.05, 3.63) is 35.4 Å². The summed E-state index contributed by atoms with van der Waals surface area (Å²) in [6.07, 6.45) is -0.324. The number of aliphatic carboxylic acids is 1. The van der Waals surface area contributed by atoms with E-state index in [0.29, 0.717) is 11.2 Å². The highest BCUT2D eigenvalue weighted by atomic mass is 16.5. The molecule has 0 saturated carbocycles. The maximum atomic E-state index is 12.4. The molecular weight excluding hydrogens is 278 g/mol. The number of benzene rings is 1. The maximum absolute atomic E-state index is 12.4. The van der Waals surface area contributed by atoms with Crippen LogP contribution < -0.4 is 0 Å². The van der Waals surface area contributed by atoms with E-state index in [-0.39, 0.29) is 17.7 Å². The Morgan fingerprint density at radius 2 is 1.81 bits per heavy atom. The molecule has 1 aromatic carbocycles. The number of ether oxygens (including phenoxy) is 1. The summed E-state index contributed by atoms with van der Waals surface area (Å²) in [6.45, 7) is 1.44. The molecule has 1 unspecified atom stereocenters. The molecule has 2 amide bonds. The molecular formula is C14H13NO6. The average Bonchev–Trinajstić information content (AvgIpc) is 2.71. The number of carbonyl (C=O) groups is 4. The van der Waals surface area contributed by atoms with Crippen molar-refractivity contribution in [3.63, 3.8) is 0 Å². The first kappa shape index (κ1) is 14.9. The van der Waals surface area contributed by atoms with Crippen LogP contribution in [0.5, 0.6) is 0 Å². The van der Waals surface area contributed by atoms with E-state index in [1.807, 2.05) is 0 Å². The second-order valence-corrected chi connectivity index (χ2v) is 4.38. The zero-order valence-electron chi connectivity index (χ0n) is 11.2. The molecule has 2 rings (SSSR count). The summed E-state index contributed by atoms with van der Waals surface area (Å²) < 4.78 is 5.14. The van der Waals surface area contributed by atoms with Crippen LogP contribution in [0.3, 0.4) is 0 Å². The molecule has 1 heterocycles. The molecule has 1 atom stereocenters. The van der Waals surface area contributed by atoms with Gasteiger partial charge in [-0.05, 0) is 19.1 Å². The zero-order chi connectivity index (χ0) is 15.6. The molecule has 1 aromatic rings. The number of fused-ring (bicyclic) bond motifs is 1. The quantitative estimate of drug-likeness (QED) is 0.611. The van der Waals surface area contributed by atoms with Gasteiger partial charge in [0.25, 0.3) is 17.5 Å². The molecule has 1 aliphatic heterocycles. The van der Waals surface area contributed by atoms with E-state index in [2.05, 4.69) is 0 Å². The molecule has 0 aromatic heterocycles. The van der Waals surface area contributed by atoms with E-state index in [9.17, 15) is 24.3 Å². The lowest BCUT2D eigenvalue weighted by Gasteiger charge is -2.34. The largest absolute Gasteiger partial charge is 0.478 e. The fourth-order valence-electron chi connectivity index (χ4n) is 2.33. The molecule has 1 aliphatic rings. The predicted molar refractivity (Wildman–Crippen MR) is 69.6 cm³/mol. The molecule has 7 heteroatoms. The Kier molecular flexibility index (Phi) is 3.86. The van der Waals surface area contributed by atoms with E-state index < -0.39 is 29.9 Å². The summed E-state index contributed by atoms with van der Waals surface area (Å²) in [4.78, 5) is 47.7. The smallest absolute Gasteiger partial charge is 0.358 e. The van der Waals surface area contributed by atoms with Crippen molar-refractivity contribution in [1.82, 2.24) is 4.90 Å². The fourth-order valence-corrected chi connectivity index (χ4v) is 2.33. The predicted octanol–water partition coefficient (Wildman–Crippen LogP) is 0.689. The summed E-state index contributed by atoms with van der Waals surface area (Å²) in [5, 5.41) is 9.43. The van der Waals surface area contributed by atoms with Crippen LogP contribution in [0.4, 0.5) is 0 Å². The number of carboxylic acid groups (broad SMARTS) is 1. The van der Waals surface area contributed by atoms with Gasteiger partial charge in [-0.25, -0.2) is 9.69 Å². The molecule has 0 saturated heterocycles. The van der Waals surface area contributed by atoms with Crippen molar-refractivity contribution in [2.75, 3.05) is 6.61 Å². The van der Waals surface area contributed by atoms with Gasteiger partial charge in [0.1, 0.15) is 6.29 Å². The van der Waals surface area contributed by atoms with Gasteiger partial charge >= 0.3 is 5.97 Å². The van der Waals surface area contributed by atoms with Crippen molar-refractivity contribution in [1.29, 1.82) is 0 Å². The Morgan fingerprint density at radius 1 is 1.29 bits per heavy atom. The highest BCUT2D eigenvalue weighted by Gasteiger charge is 2.55. The van der Waals surface area contributed by atoms with Gasteiger partial charge in [-0.15, -0.1) is 0 Å². The van der Waals surface area contributed by atoms with Crippen LogP contribution in [-0.2, 0) is 14.3 Å². The van der Waals surface area contributed by atoms with Crippen LogP contribution in [0, 0.1) is 0 Å². The van der Waals surface area contributed by atoms with Gasteiger partial charge in [0.15, 0.2) is 0 Å². The van der Waals surface area contributed by atoms with E-state index in [1.54, 1.807) is 12.1 Å². The van der Waals surface area contributed by atoms with Gasteiger partial charge in [0, 0.05) is 6.61 Å². The van der Waals surface area contributed by atoms with Crippen molar-refractivity contribution in [2.45, 2.75) is 19.1 Å². The second-order valence-electron chi connectivity index (χ2n) is 4.38. The summed E-state index contributed by atoms with van der Waals surface area (Å²) in [5.74, 6) is -3.13. The number of rotatable bonds is 6. The Bertz CT molecular complexity index is 591. The standard InChI is InChI=1S/C14H13NO6/c1-2-21-14(7-8-16,13(19)20)15-11(17)9-5-3-4-6-10(9)12(15)18/h3-6,8H,2,7H2,1H3,(H,19,20). The van der Waals surface area contributed by atoms with Gasteiger partial charge in [-0.2, -0.15) is 0 Å².